The molecular formula is C25H26ClN3O2. The fourth-order valence-electron chi connectivity index (χ4n) is 4.83. The van der Waals surface area contributed by atoms with E-state index in [2.05, 4.69) is 34.3 Å². The average molecular weight is 436 g/mol. The first-order valence-corrected chi connectivity index (χ1v) is 11.1. The molecule has 5 nitrogen and oxygen atoms in total. The van der Waals surface area contributed by atoms with Crippen LogP contribution in [0.3, 0.4) is 0 Å². The number of carbonyl (C=O) groups is 1. The van der Waals surface area contributed by atoms with Crippen LogP contribution in [0, 0.1) is 0 Å². The number of aromatic nitrogens is 1. The predicted octanol–water partition coefficient (Wildman–Crippen LogP) is 5.02. The van der Waals surface area contributed by atoms with E-state index in [4.69, 9.17) is 16.3 Å². The summed E-state index contributed by atoms with van der Waals surface area (Å²) in [5.41, 5.74) is 4.41. The molecule has 160 valence electrons. The summed E-state index contributed by atoms with van der Waals surface area (Å²) in [7, 11) is 1.66. The van der Waals surface area contributed by atoms with Crippen LogP contribution in [0.25, 0.3) is 5.69 Å². The van der Waals surface area contributed by atoms with Gasteiger partial charge in [-0.2, -0.15) is 0 Å². The number of benzene rings is 2. The molecule has 3 aromatic rings. The van der Waals surface area contributed by atoms with Gasteiger partial charge in [-0.05, 0) is 67.3 Å². The maximum atomic E-state index is 12.9. The van der Waals surface area contributed by atoms with Gasteiger partial charge in [0.25, 0.3) is 0 Å². The van der Waals surface area contributed by atoms with Crippen LogP contribution in [-0.2, 0) is 16.8 Å². The Kier molecular flexibility index (Phi) is 5.14. The Labute approximate surface area is 187 Å². The van der Waals surface area contributed by atoms with Crippen LogP contribution in [-0.4, -0.2) is 35.6 Å². The Balaban J connectivity index is 1.26. The van der Waals surface area contributed by atoms with Crippen molar-refractivity contribution in [3.05, 3.63) is 77.1 Å². The molecule has 2 aromatic carbocycles. The molecule has 0 saturated carbocycles. The molecule has 0 bridgehead atoms. The predicted molar refractivity (Wildman–Crippen MR) is 123 cm³/mol. The van der Waals surface area contributed by atoms with Crippen molar-refractivity contribution in [1.29, 1.82) is 0 Å². The molecule has 31 heavy (non-hydrogen) atoms. The third-order valence-electron chi connectivity index (χ3n) is 6.59. The number of hydrogen-bond donors (Lipinski definition) is 1. The number of rotatable bonds is 4. The topological polar surface area (TPSA) is 46.5 Å². The van der Waals surface area contributed by atoms with Crippen LogP contribution in [0.2, 0.25) is 5.02 Å². The highest BCUT2D eigenvalue weighted by atomic mass is 35.5. The van der Waals surface area contributed by atoms with Crippen molar-refractivity contribution in [2.75, 3.05) is 25.5 Å². The standard InChI is InChI=1S/C25H26ClN3O2/c1-31-20-8-4-18(5-9-20)6-11-24(30)28-15-12-25(13-16-28)23-3-2-14-29(23)22-17-19(26)7-10-21(22)27-25/h2-5,7-10,14,17,27H,6,11-13,15-16H2,1H3. The molecule has 0 radical (unpaired) electrons. The van der Waals surface area contributed by atoms with Gasteiger partial charge >= 0.3 is 0 Å². The molecule has 1 aromatic heterocycles. The third-order valence-corrected chi connectivity index (χ3v) is 6.82. The summed E-state index contributed by atoms with van der Waals surface area (Å²) in [6, 6.07) is 18.2. The molecule has 0 aliphatic carbocycles. The minimum Gasteiger partial charge on any atom is -0.497 e. The van der Waals surface area contributed by atoms with E-state index in [9.17, 15) is 4.79 Å². The smallest absolute Gasteiger partial charge is 0.222 e. The number of nitrogens with one attached hydrogen (secondary N) is 1. The van der Waals surface area contributed by atoms with Crippen molar-refractivity contribution >= 4 is 23.2 Å². The van der Waals surface area contributed by atoms with Gasteiger partial charge in [0.1, 0.15) is 5.75 Å². The monoisotopic (exact) mass is 435 g/mol. The van der Waals surface area contributed by atoms with Gasteiger partial charge in [0, 0.05) is 36.4 Å². The second-order valence-corrected chi connectivity index (χ2v) is 8.80. The van der Waals surface area contributed by atoms with Crippen LogP contribution >= 0.6 is 11.6 Å². The van der Waals surface area contributed by atoms with E-state index in [-0.39, 0.29) is 11.4 Å². The first kappa shape index (κ1) is 20.0. The molecule has 5 rings (SSSR count). The Morgan fingerprint density at radius 1 is 1.13 bits per heavy atom. The number of aryl methyl sites for hydroxylation is 1. The Bertz CT molecular complexity index is 1100. The second-order valence-electron chi connectivity index (χ2n) is 8.36. The van der Waals surface area contributed by atoms with E-state index in [1.807, 2.05) is 41.3 Å². The van der Waals surface area contributed by atoms with Gasteiger partial charge < -0.3 is 19.5 Å². The average Bonchev–Trinajstić information content (AvgIpc) is 3.30. The minimum absolute atomic E-state index is 0.156. The first-order valence-electron chi connectivity index (χ1n) is 10.7. The third kappa shape index (κ3) is 3.68. The van der Waals surface area contributed by atoms with Crippen molar-refractivity contribution in [3.63, 3.8) is 0 Å². The SMILES string of the molecule is COc1ccc(CCC(=O)N2CCC3(CC2)Nc2ccc(Cl)cc2-n2cccc23)cc1. The number of halogens is 1. The molecule has 1 saturated heterocycles. The number of carbonyl (C=O) groups excluding carboxylic acids is 1. The molecule has 2 aliphatic rings. The molecule has 6 heteroatoms. The van der Waals surface area contributed by atoms with E-state index in [1.54, 1.807) is 7.11 Å². The number of nitrogens with zero attached hydrogens (tertiary/aromatic N) is 2. The van der Waals surface area contributed by atoms with E-state index >= 15 is 0 Å². The zero-order valence-electron chi connectivity index (χ0n) is 17.6. The van der Waals surface area contributed by atoms with Crippen LogP contribution in [0.1, 0.15) is 30.5 Å². The van der Waals surface area contributed by atoms with Gasteiger partial charge in [0.15, 0.2) is 0 Å². The highest BCUT2D eigenvalue weighted by Gasteiger charge is 2.42. The zero-order chi connectivity index (χ0) is 21.4. The number of likely N-dealkylation sites (tertiary alicyclic amines) is 1. The normalized spacial score (nSPS) is 16.4. The van der Waals surface area contributed by atoms with E-state index in [1.165, 1.54) is 5.69 Å². The summed E-state index contributed by atoms with van der Waals surface area (Å²) in [5.74, 6) is 1.06. The lowest BCUT2D eigenvalue weighted by atomic mass is 9.82. The number of hydrogen-bond acceptors (Lipinski definition) is 3. The van der Waals surface area contributed by atoms with E-state index in [0.29, 0.717) is 6.42 Å². The van der Waals surface area contributed by atoms with Crippen molar-refractivity contribution in [3.8, 4) is 11.4 Å². The van der Waals surface area contributed by atoms with Crippen LogP contribution in [0.4, 0.5) is 5.69 Å². The lowest BCUT2D eigenvalue weighted by molar-refractivity contribution is -0.132. The molecule has 0 unspecified atom stereocenters. The largest absolute Gasteiger partial charge is 0.497 e. The summed E-state index contributed by atoms with van der Waals surface area (Å²) in [6.45, 7) is 1.51. The Hall–Kier alpha value is -2.92. The summed E-state index contributed by atoms with van der Waals surface area (Å²) in [6.07, 6.45) is 5.14. The Morgan fingerprint density at radius 2 is 1.90 bits per heavy atom. The van der Waals surface area contributed by atoms with Gasteiger partial charge in [0.2, 0.25) is 5.91 Å². The molecular weight excluding hydrogens is 410 g/mol. The molecule has 3 heterocycles. The van der Waals surface area contributed by atoms with Gasteiger partial charge in [-0.3, -0.25) is 4.79 Å². The lowest BCUT2D eigenvalue weighted by Crippen LogP contribution is -2.51. The Morgan fingerprint density at radius 3 is 2.65 bits per heavy atom. The van der Waals surface area contributed by atoms with Crippen LogP contribution < -0.4 is 10.1 Å². The highest BCUT2D eigenvalue weighted by Crippen LogP contribution is 2.44. The van der Waals surface area contributed by atoms with Crippen molar-refractivity contribution < 1.29 is 9.53 Å². The first-order chi connectivity index (χ1) is 15.1. The van der Waals surface area contributed by atoms with Crippen molar-refractivity contribution in [2.45, 2.75) is 31.2 Å². The summed E-state index contributed by atoms with van der Waals surface area (Å²) in [5, 5.41) is 4.51. The summed E-state index contributed by atoms with van der Waals surface area (Å²) in [4.78, 5) is 14.9. The molecule has 2 aliphatic heterocycles. The summed E-state index contributed by atoms with van der Waals surface area (Å²) >= 11 is 6.24. The zero-order valence-corrected chi connectivity index (χ0v) is 18.4. The maximum absolute atomic E-state index is 12.9. The summed E-state index contributed by atoms with van der Waals surface area (Å²) < 4.78 is 7.44. The molecule has 1 amide bonds. The van der Waals surface area contributed by atoms with Crippen LogP contribution in [0.15, 0.2) is 60.8 Å². The van der Waals surface area contributed by atoms with Gasteiger partial charge in [-0.1, -0.05) is 23.7 Å². The molecule has 0 atom stereocenters. The minimum atomic E-state index is -0.156. The number of anilines is 1. The number of fused-ring (bicyclic) bond motifs is 4. The number of piperidine rings is 1. The van der Waals surface area contributed by atoms with E-state index < -0.39 is 0 Å². The van der Waals surface area contributed by atoms with Crippen LogP contribution in [0.5, 0.6) is 5.75 Å². The second kappa shape index (κ2) is 7.97. The van der Waals surface area contributed by atoms with Gasteiger partial charge in [-0.25, -0.2) is 0 Å². The fourth-order valence-corrected chi connectivity index (χ4v) is 5.00. The number of amides is 1. The molecule has 1 spiro atoms. The van der Waals surface area contributed by atoms with Gasteiger partial charge in [-0.15, -0.1) is 0 Å². The molecule has 1 N–H and O–H groups in total. The number of ether oxygens (including phenoxy) is 1. The van der Waals surface area contributed by atoms with Crippen molar-refractivity contribution in [1.82, 2.24) is 9.47 Å². The number of methoxy groups -OCH3 is 1. The maximum Gasteiger partial charge on any atom is 0.222 e. The lowest BCUT2D eigenvalue weighted by Gasteiger charge is -2.46. The van der Waals surface area contributed by atoms with Crippen molar-refractivity contribution in [2.24, 2.45) is 0 Å². The highest BCUT2D eigenvalue weighted by molar-refractivity contribution is 6.30. The van der Waals surface area contributed by atoms with E-state index in [0.717, 1.165) is 60.1 Å². The molecule has 1 fully saturated rings. The fraction of sp³-hybridized carbons (Fsp3) is 0.320. The van der Waals surface area contributed by atoms with Gasteiger partial charge in [0.05, 0.1) is 24.0 Å². The quantitative estimate of drug-likeness (QED) is 0.626.